The van der Waals surface area contributed by atoms with Gasteiger partial charge in [-0.3, -0.25) is 0 Å². The van der Waals surface area contributed by atoms with Gasteiger partial charge in [0.15, 0.2) is 0 Å². The van der Waals surface area contributed by atoms with Gasteiger partial charge in [-0.2, -0.15) is 0 Å². The van der Waals surface area contributed by atoms with Crippen molar-refractivity contribution in [3.05, 3.63) is 18.7 Å². The molecule has 0 radical (unpaired) electrons. The van der Waals surface area contributed by atoms with Crippen molar-refractivity contribution in [1.82, 2.24) is 14.5 Å². The van der Waals surface area contributed by atoms with Crippen LogP contribution in [0.1, 0.15) is 38.5 Å². The fraction of sp³-hybridized carbons (Fsp3) is 0.786. The van der Waals surface area contributed by atoms with Crippen molar-refractivity contribution in [2.75, 3.05) is 19.6 Å². The number of aryl methyl sites for hydroxylation is 1. The summed E-state index contributed by atoms with van der Waals surface area (Å²) in [5, 5.41) is 0. The minimum absolute atomic E-state index is 0.810. The number of nitrogens with zero attached hydrogens (tertiary/aromatic N) is 3. The second kappa shape index (κ2) is 7.54. The van der Waals surface area contributed by atoms with Crippen LogP contribution in [0.3, 0.4) is 0 Å². The fourth-order valence-corrected chi connectivity index (χ4v) is 2.92. The molecule has 0 spiro atoms. The maximum Gasteiger partial charge on any atom is 0.0945 e. The van der Waals surface area contributed by atoms with Crippen molar-refractivity contribution in [3.63, 3.8) is 0 Å². The molecule has 1 aromatic rings. The van der Waals surface area contributed by atoms with Crippen LogP contribution in [-0.4, -0.2) is 40.1 Å². The summed E-state index contributed by atoms with van der Waals surface area (Å²) in [5.41, 5.74) is 5.64. The molecule has 4 heteroatoms. The van der Waals surface area contributed by atoms with Crippen molar-refractivity contribution in [2.45, 2.75) is 51.1 Å². The van der Waals surface area contributed by atoms with Crippen LogP contribution >= 0.6 is 0 Å². The molecule has 1 heterocycles. The Balaban J connectivity index is 1.73. The summed E-state index contributed by atoms with van der Waals surface area (Å²) in [7, 11) is 0. The van der Waals surface area contributed by atoms with E-state index < -0.39 is 0 Å². The highest BCUT2D eigenvalue weighted by molar-refractivity contribution is 4.78. The summed E-state index contributed by atoms with van der Waals surface area (Å²) in [6, 6.07) is 0.819. The van der Waals surface area contributed by atoms with Crippen LogP contribution in [0.4, 0.5) is 0 Å². The van der Waals surface area contributed by atoms with E-state index in [-0.39, 0.29) is 0 Å². The van der Waals surface area contributed by atoms with Crippen molar-refractivity contribution in [3.8, 4) is 0 Å². The maximum absolute atomic E-state index is 5.64. The Hall–Kier alpha value is -0.870. The molecular formula is C14H26N4. The Kier molecular flexibility index (Phi) is 5.68. The predicted octanol–water partition coefficient (Wildman–Crippen LogP) is 1.87. The first-order valence-corrected chi connectivity index (χ1v) is 7.30. The van der Waals surface area contributed by atoms with Crippen LogP contribution in [0.25, 0.3) is 0 Å². The fourth-order valence-electron chi connectivity index (χ4n) is 2.92. The molecule has 0 aromatic carbocycles. The Bertz CT molecular complexity index is 304. The molecule has 1 saturated carbocycles. The largest absolute Gasteiger partial charge is 0.337 e. The second-order valence-electron chi connectivity index (χ2n) is 5.27. The van der Waals surface area contributed by atoms with Crippen LogP contribution in [0.5, 0.6) is 0 Å². The number of hydrogen-bond donors (Lipinski definition) is 1. The minimum Gasteiger partial charge on any atom is -0.337 e. The normalized spacial score (nSPS) is 16.8. The van der Waals surface area contributed by atoms with E-state index in [9.17, 15) is 0 Å². The third-order valence-electron chi connectivity index (χ3n) is 3.91. The van der Waals surface area contributed by atoms with E-state index in [1.165, 1.54) is 45.2 Å². The second-order valence-corrected chi connectivity index (χ2v) is 5.27. The lowest BCUT2D eigenvalue weighted by molar-refractivity contribution is 0.192. The van der Waals surface area contributed by atoms with Crippen LogP contribution in [-0.2, 0) is 6.54 Å². The molecular weight excluding hydrogens is 224 g/mol. The third kappa shape index (κ3) is 4.10. The standard InChI is InChI=1S/C14H26N4/c15-7-3-10-18(14-5-1-2-6-14)11-4-9-17-12-8-16-13-17/h8,12-14H,1-7,9-11,15H2. The third-order valence-corrected chi connectivity index (χ3v) is 3.91. The zero-order valence-electron chi connectivity index (χ0n) is 11.3. The average molecular weight is 250 g/mol. The quantitative estimate of drug-likeness (QED) is 0.766. The molecule has 0 saturated heterocycles. The molecule has 4 nitrogen and oxygen atoms in total. The number of rotatable bonds is 8. The Morgan fingerprint density at radius 3 is 2.67 bits per heavy atom. The summed E-state index contributed by atoms with van der Waals surface area (Å²) < 4.78 is 2.16. The molecule has 0 unspecified atom stereocenters. The van der Waals surface area contributed by atoms with Gasteiger partial charge in [-0.25, -0.2) is 4.98 Å². The lowest BCUT2D eigenvalue weighted by atomic mass is 10.2. The summed E-state index contributed by atoms with van der Waals surface area (Å²) in [5.74, 6) is 0. The van der Waals surface area contributed by atoms with Gasteiger partial charge < -0.3 is 15.2 Å². The summed E-state index contributed by atoms with van der Waals surface area (Å²) in [4.78, 5) is 6.74. The predicted molar refractivity (Wildman–Crippen MR) is 74.3 cm³/mol. The molecule has 0 atom stereocenters. The molecule has 1 aliphatic rings. The van der Waals surface area contributed by atoms with Crippen molar-refractivity contribution in [1.29, 1.82) is 0 Å². The highest BCUT2D eigenvalue weighted by Crippen LogP contribution is 2.23. The molecule has 1 aliphatic carbocycles. The van der Waals surface area contributed by atoms with Gasteiger partial charge in [-0.1, -0.05) is 12.8 Å². The maximum atomic E-state index is 5.64. The smallest absolute Gasteiger partial charge is 0.0945 e. The van der Waals surface area contributed by atoms with E-state index in [0.717, 1.165) is 25.6 Å². The highest BCUT2D eigenvalue weighted by Gasteiger charge is 2.21. The van der Waals surface area contributed by atoms with E-state index in [2.05, 4.69) is 14.5 Å². The number of nitrogens with two attached hydrogens (primary N) is 1. The van der Waals surface area contributed by atoms with Gasteiger partial charge in [0, 0.05) is 31.5 Å². The van der Waals surface area contributed by atoms with E-state index in [4.69, 9.17) is 5.73 Å². The van der Waals surface area contributed by atoms with Gasteiger partial charge in [-0.05, 0) is 38.8 Å². The zero-order valence-corrected chi connectivity index (χ0v) is 11.3. The molecule has 0 amide bonds. The molecule has 2 rings (SSSR count). The van der Waals surface area contributed by atoms with Crippen LogP contribution in [0.15, 0.2) is 18.7 Å². The lowest BCUT2D eigenvalue weighted by Gasteiger charge is -2.28. The number of aromatic nitrogens is 2. The van der Waals surface area contributed by atoms with Gasteiger partial charge in [0.2, 0.25) is 0 Å². The summed E-state index contributed by atoms with van der Waals surface area (Å²) in [6.07, 6.45) is 13.7. The van der Waals surface area contributed by atoms with Gasteiger partial charge in [0.1, 0.15) is 0 Å². The average Bonchev–Trinajstić information content (AvgIpc) is 3.05. The van der Waals surface area contributed by atoms with Gasteiger partial charge in [-0.15, -0.1) is 0 Å². The van der Waals surface area contributed by atoms with Gasteiger partial charge in [0.25, 0.3) is 0 Å². The molecule has 102 valence electrons. The first-order chi connectivity index (χ1) is 8.90. The Morgan fingerprint density at radius 1 is 1.22 bits per heavy atom. The van der Waals surface area contributed by atoms with Gasteiger partial charge in [0.05, 0.1) is 6.33 Å². The van der Waals surface area contributed by atoms with E-state index in [1.54, 1.807) is 0 Å². The number of hydrogen-bond acceptors (Lipinski definition) is 3. The molecule has 0 bridgehead atoms. The van der Waals surface area contributed by atoms with Crippen molar-refractivity contribution in [2.24, 2.45) is 5.73 Å². The van der Waals surface area contributed by atoms with Gasteiger partial charge >= 0.3 is 0 Å². The lowest BCUT2D eigenvalue weighted by Crippen LogP contribution is -2.36. The van der Waals surface area contributed by atoms with Crippen LogP contribution < -0.4 is 5.73 Å². The van der Waals surface area contributed by atoms with E-state index >= 15 is 0 Å². The Labute approximate surface area is 110 Å². The van der Waals surface area contributed by atoms with Crippen molar-refractivity contribution < 1.29 is 0 Å². The highest BCUT2D eigenvalue weighted by atomic mass is 15.2. The zero-order chi connectivity index (χ0) is 12.6. The summed E-state index contributed by atoms with van der Waals surface area (Å²) >= 11 is 0. The van der Waals surface area contributed by atoms with E-state index in [0.29, 0.717) is 0 Å². The first kappa shape index (κ1) is 13.6. The Morgan fingerprint density at radius 2 is 2.00 bits per heavy atom. The molecule has 1 fully saturated rings. The monoisotopic (exact) mass is 250 g/mol. The molecule has 18 heavy (non-hydrogen) atoms. The molecule has 1 aromatic heterocycles. The first-order valence-electron chi connectivity index (χ1n) is 7.30. The van der Waals surface area contributed by atoms with E-state index in [1.807, 2.05) is 18.7 Å². The van der Waals surface area contributed by atoms with Crippen LogP contribution in [0, 0.1) is 0 Å². The molecule has 0 aliphatic heterocycles. The SMILES string of the molecule is NCCCN(CCCn1ccnc1)C1CCCC1. The van der Waals surface area contributed by atoms with Crippen LogP contribution in [0.2, 0.25) is 0 Å². The number of imidazole rings is 1. The minimum atomic E-state index is 0.810. The molecule has 2 N–H and O–H groups in total. The topological polar surface area (TPSA) is 47.1 Å². The van der Waals surface area contributed by atoms with Crippen molar-refractivity contribution >= 4 is 0 Å². The summed E-state index contributed by atoms with van der Waals surface area (Å²) in [6.45, 7) is 4.25.